The summed E-state index contributed by atoms with van der Waals surface area (Å²) >= 11 is 1.72. The molecule has 0 aliphatic rings. The van der Waals surface area contributed by atoms with E-state index in [0.29, 0.717) is 6.54 Å². The highest BCUT2D eigenvalue weighted by atomic mass is 32.1. The lowest BCUT2D eigenvalue weighted by molar-refractivity contribution is 0.918. The van der Waals surface area contributed by atoms with E-state index in [2.05, 4.69) is 49.0 Å². The lowest BCUT2D eigenvalue weighted by atomic mass is 10.0. The molecule has 0 unspecified atom stereocenters. The molecule has 0 aliphatic heterocycles. The minimum absolute atomic E-state index is 0.704. The van der Waals surface area contributed by atoms with Crippen molar-refractivity contribution >= 4 is 17.0 Å². The van der Waals surface area contributed by atoms with Gasteiger partial charge in [-0.25, -0.2) is 4.98 Å². The van der Waals surface area contributed by atoms with E-state index in [0.717, 1.165) is 18.7 Å². The fraction of sp³-hybridized carbons (Fsp3) is 0.400. The molecule has 1 aromatic heterocycles. The molecule has 0 spiro atoms. The third kappa shape index (κ3) is 3.33. The van der Waals surface area contributed by atoms with Crippen LogP contribution in [0, 0.1) is 13.8 Å². The number of benzene rings is 1. The number of nitrogens with two attached hydrogens (primary N) is 1. The van der Waals surface area contributed by atoms with Crippen LogP contribution in [0.15, 0.2) is 23.7 Å². The van der Waals surface area contributed by atoms with E-state index < -0.39 is 0 Å². The van der Waals surface area contributed by atoms with Crippen LogP contribution >= 0.6 is 11.3 Å². The van der Waals surface area contributed by atoms with Crippen molar-refractivity contribution in [3.8, 4) is 0 Å². The molecule has 0 amide bonds. The lowest BCUT2D eigenvalue weighted by Gasteiger charge is -2.20. The Kier molecular flexibility index (Phi) is 4.56. The summed E-state index contributed by atoms with van der Waals surface area (Å²) < 4.78 is 0. The van der Waals surface area contributed by atoms with Crippen LogP contribution in [0.2, 0.25) is 0 Å². The molecule has 0 fully saturated rings. The number of hydrogen-bond donors (Lipinski definition) is 1. The summed E-state index contributed by atoms with van der Waals surface area (Å²) in [5, 5.41) is 0. The van der Waals surface area contributed by atoms with Gasteiger partial charge in [-0.1, -0.05) is 6.07 Å². The van der Waals surface area contributed by atoms with E-state index in [1.54, 1.807) is 11.3 Å². The highest BCUT2D eigenvalue weighted by molar-refractivity contribution is 7.09. The third-order valence-electron chi connectivity index (χ3n) is 3.41. The molecule has 1 aromatic carbocycles. The van der Waals surface area contributed by atoms with Crippen molar-refractivity contribution in [3.05, 3.63) is 45.4 Å². The van der Waals surface area contributed by atoms with Crippen LogP contribution in [0.4, 0.5) is 5.69 Å². The average Bonchev–Trinajstić information content (AvgIpc) is 2.78. The first-order valence-electron chi connectivity index (χ1n) is 6.51. The molecule has 0 saturated carbocycles. The summed E-state index contributed by atoms with van der Waals surface area (Å²) in [6.07, 6.45) is 0.948. The van der Waals surface area contributed by atoms with Crippen molar-refractivity contribution in [2.45, 2.75) is 26.8 Å². The van der Waals surface area contributed by atoms with Crippen LogP contribution in [0.5, 0.6) is 0 Å². The Morgan fingerprint density at radius 2 is 2.11 bits per heavy atom. The minimum Gasteiger partial charge on any atom is -0.369 e. The molecular weight excluding hydrogens is 254 g/mol. The van der Waals surface area contributed by atoms with Gasteiger partial charge in [-0.05, 0) is 50.1 Å². The summed E-state index contributed by atoms with van der Waals surface area (Å²) in [4.78, 5) is 7.89. The molecule has 0 saturated heterocycles. The van der Waals surface area contributed by atoms with E-state index in [9.17, 15) is 0 Å². The van der Waals surface area contributed by atoms with Crippen molar-refractivity contribution < 1.29 is 0 Å². The Morgan fingerprint density at radius 3 is 2.68 bits per heavy atom. The van der Waals surface area contributed by atoms with Crippen LogP contribution in [0.25, 0.3) is 0 Å². The number of anilines is 1. The van der Waals surface area contributed by atoms with Gasteiger partial charge >= 0.3 is 0 Å². The van der Waals surface area contributed by atoms with E-state index in [1.807, 2.05) is 5.51 Å². The van der Waals surface area contributed by atoms with Crippen molar-refractivity contribution in [1.29, 1.82) is 0 Å². The van der Waals surface area contributed by atoms with Gasteiger partial charge in [0.25, 0.3) is 0 Å². The number of nitrogens with zero attached hydrogens (tertiary/aromatic N) is 2. The molecule has 2 N–H and O–H groups in total. The second-order valence-electron chi connectivity index (χ2n) is 4.87. The summed E-state index contributed by atoms with van der Waals surface area (Å²) in [5.41, 5.74) is 12.6. The minimum atomic E-state index is 0.704. The van der Waals surface area contributed by atoms with Gasteiger partial charge < -0.3 is 10.6 Å². The zero-order valence-corrected chi connectivity index (χ0v) is 12.6. The molecule has 1 heterocycles. The largest absolute Gasteiger partial charge is 0.369 e. The Morgan fingerprint density at radius 1 is 1.32 bits per heavy atom. The number of aryl methyl sites for hydroxylation is 2. The molecule has 2 aromatic rings. The zero-order chi connectivity index (χ0) is 13.8. The van der Waals surface area contributed by atoms with Gasteiger partial charge in [0.05, 0.1) is 17.7 Å². The molecule has 102 valence electrons. The van der Waals surface area contributed by atoms with Gasteiger partial charge in [0.2, 0.25) is 0 Å². The van der Waals surface area contributed by atoms with E-state index in [1.165, 1.54) is 21.7 Å². The zero-order valence-electron chi connectivity index (χ0n) is 11.8. The predicted octanol–water partition coefficient (Wildman–Crippen LogP) is 2.90. The molecule has 2 rings (SSSR count). The smallest absolute Gasteiger partial charge is 0.0798 e. The lowest BCUT2D eigenvalue weighted by Crippen LogP contribution is -2.16. The highest BCUT2D eigenvalue weighted by Gasteiger charge is 2.08. The monoisotopic (exact) mass is 275 g/mol. The number of hydrogen-bond acceptors (Lipinski definition) is 4. The summed E-state index contributed by atoms with van der Waals surface area (Å²) in [6, 6.07) is 6.60. The van der Waals surface area contributed by atoms with E-state index in [4.69, 9.17) is 5.73 Å². The Hall–Kier alpha value is -1.39. The van der Waals surface area contributed by atoms with Gasteiger partial charge in [-0.15, -0.1) is 11.3 Å². The fourth-order valence-electron chi connectivity index (χ4n) is 2.14. The molecule has 4 heteroatoms. The van der Waals surface area contributed by atoms with Gasteiger partial charge in [0.1, 0.15) is 0 Å². The third-order valence-corrected chi connectivity index (χ3v) is 4.33. The maximum absolute atomic E-state index is 5.62. The Labute approximate surface area is 119 Å². The fourth-order valence-corrected chi connectivity index (χ4v) is 2.97. The van der Waals surface area contributed by atoms with Crippen LogP contribution in [-0.2, 0) is 13.0 Å². The van der Waals surface area contributed by atoms with Crippen molar-refractivity contribution in [1.82, 2.24) is 4.98 Å². The van der Waals surface area contributed by atoms with Crippen molar-refractivity contribution in [2.75, 3.05) is 18.5 Å². The first-order chi connectivity index (χ1) is 9.11. The van der Waals surface area contributed by atoms with E-state index >= 15 is 0 Å². The van der Waals surface area contributed by atoms with Crippen LogP contribution in [0.1, 0.15) is 21.7 Å². The highest BCUT2D eigenvalue weighted by Crippen LogP contribution is 2.22. The molecule has 0 bridgehead atoms. The summed E-state index contributed by atoms with van der Waals surface area (Å²) in [5.74, 6) is 0. The summed E-state index contributed by atoms with van der Waals surface area (Å²) in [7, 11) is 2.12. The van der Waals surface area contributed by atoms with E-state index in [-0.39, 0.29) is 0 Å². The first-order valence-corrected chi connectivity index (χ1v) is 7.39. The van der Waals surface area contributed by atoms with Crippen molar-refractivity contribution in [2.24, 2.45) is 5.73 Å². The standard InChI is InChI=1S/C15H21N3S/c1-11-8-14(5-4-13(11)6-7-16)18(3)9-15-12(2)17-10-19-15/h4-5,8,10H,6-7,9,16H2,1-3H3. The maximum atomic E-state index is 5.62. The molecule has 0 radical (unpaired) electrons. The van der Waals surface area contributed by atoms with Gasteiger partial charge in [0.15, 0.2) is 0 Å². The molecular formula is C15H21N3S. The van der Waals surface area contributed by atoms with Gasteiger partial charge in [-0.3, -0.25) is 0 Å². The second kappa shape index (κ2) is 6.17. The molecule has 3 nitrogen and oxygen atoms in total. The Bertz CT molecular complexity index is 548. The van der Waals surface area contributed by atoms with Crippen LogP contribution in [-0.4, -0.2) is 18.6 Å². The van der Waals surface area contributed by atoms with Gasteiger partial charge in [-0.2, -0.15) is 0 Å². The van der Waals surface area contributed by atoms with Gasteiger partial charge in [0, 0.05) is 17.6 Å². The average molecular weight is 275 g/mol. The summed E-state index contributed by atoms with van der Waals surface area (Å²) in [6.45, 7) is 5.83. The molecule has 0 aliphatic carbocycles. The molecule has 0 atom stereocenters. The Balaban J connectivity index is 2.13. The number of thiazole rings is 1. The normalized spacial score (nSPS) is 10.7. The second-order valence-corrected chi connectivity index (χ2v) is 5.81. The predicted molar refractivity (Wildman–Crippen MR) is 82.9 cm³/mol. The first kappa shape index (κ1) is 14.0. The number of aromatic nitrogens is 1. The molecule has 19 heavy (non-hydrogen) atoms. The SMILES string of the molecule is Cc1cc(N(C)Cc2scnc2C)ccc1CCN. The quantitative estimate of drug-likeness (QED) is 0.912. The topological polar surface area (TPSA) is 42.2 Å². The van der Waals surface area contributed by atoms with Crippen LogP contribution < -0.4 is 10.6 Å². The number of rotatable bonds is 5. The van der Waals surface area contributed by atoms with Crippen molar-refractivity contribution in [3.63, 3.8) is 0 Å². The maximum Gasteiger partial charge on any atom is 0.0798 e. The van der Waals surface area contributed by atoms with Crippen LogP contribution in [0.3, 0.4) is 0 Å².